The second-order valence-corrected chi connectivity index (χ2v) is 8.63. The fourth-order valence-corrected chi connectivity index (χ4v) is 3.85. The van der Waals surface area contributed by atoms with Gasteiger partial charge in [0.05, 0.1) is 0 Å². The number of hydrogen-bond acceptors (Lipinski definition) is 2. The van der Waals surface area contributed by atoms with Gasteiger partial charge in [0, 0.05) is 19.3 Å². The van der Waals surface area contributed by atoms with E-state index in [4.69, 9.17) is 0 Å². The minimum Gasteiger partial charge on any atom is -0.300 e. The van der Waals surface area contributed by atoms with Crippen LogP contribution in [0, 0.1) is 5.92 Å². The molecule has 27 heavy (non-hydrogen) atoms. The summed E-state index contributed by atoms with van der Waals surface area (Å²) in [7, 11) is 0. The van der Waals surface area contributed by atoms with Crippen molar-refractivity contribution in [3.63, 3.8) is 0 Å². The van der Waals surface area contributed by atoms with Crippen molar-refractivity contribution >= 4 is 11.6 Å². The van der Waals surface area contributed by atoms with Crippen molar-refractivity contribution in [3.8, 4) is 0 Å². The first kappa shape index (κ1) is 26.3. The molecule has 0 spiro atoms. The Hall–Kier alpha value is -0.660. The van der Waals surface area contributed by atoms with E-state index >= 15 is 0 Å². The van der Waals surface area contributed by atoms with Crippen molar-refractivity contribution in [3.05, 3.63) is 0 Å². The summed E-state index contributed by atoms with van der Waals surface area (Å²) in [5.41, 5.74) is 0. The predicted molar refractivity (Wildman–Crippen MR) is 118 cm³/mol. The summed E-state index contributed by atoms with van der Waals surface area (Å²) < 4.78 is 0. The van der Waals surface area contributed by atoms with Crippen molar-refractivity contribution in [2.75, 3.05) is 0 Å². The van der Waals surface area contributed by atoms with Gasteiger partial charge in [-0.05, 0) is 25.7 Å². The van der Waals surface area contributed by atoms with Crippen molar-refractivity contribution < 1.29 is 9.59 Å². The van der Waals surface area contributed by atoms with E-state index < -0.39 is 0 Å². The van der Waals surface area contributed by atoms with E-state index in [0.29, 0.717) is 24.5 Å². The van der Waals surface area contributed by atoms with Gasteiger partial charge in [0.25, 0.3) is 0 Å². The monoisotopic (exact) mass is 380 g/mol. The summed E-state index contributed by atoms with van der Waals surface area (Å²) in [6.07, 6.45) is 22.2. The summed E-state index contributed by atoms with van der Waals surface area (Å²) >= 11 is 0. The van der Waals surface area contributed by atoms with Crippen LogP contribution in [0.4, 0.5) is 0 Å². The first-order valence-corrected chi connectivity index (χ1v) is 12.1. The second kappa shape index (κ2) is 20.1. The molecule has 160 valence electrons. The number of carbonyl (C=O) groups is 2. The molecule has 0 saturated carbocycles. The molecule has 0 heterocycles. The molecule has 2 heteroatoms. The highest BCUT2D eigenvalue weighted by molar-refractivity contribution is 5.79. The standard InChI is InChI=1S/C25H48O2/c1-4-6-8-10-12-13-15-17-19-25(27)22-24(21-20-23(3)26)18-16-14-11-9-7-5-2/h24H,4-22H2,1-3H3. The van der Waals surface area contributed by atoms with Crippen molar-refractivity contribution in [1.29, 1.82) is 0 Å². The maximum absolute atomic E-state index is 12.4. The number of unbranched alkanes of at least 4 members (excludes halogenated alkanes) is 12. The maximum Gasteiger partial charge on any atom is 0.133 e. The van der Waals surface area contributed by atoms with Gasteiger partial charge in [-0.15, -0.1) is 0 Å². The number of carbonyl (C=O) groups excluding carboxylic acids is 2. The van der Waals surface area contributed by atoms with Crippen LogP contribution in [0.3, 0.4) is 0 Å². The van der Waals surface area contributed by atoms with Crippen LogP contribution < -0.4 is 0 Å². The van der Waals surface area contributed by atoms with Gasteiger partial charge in [-0.25, -0.2) is 0 Å². The lowest BCUT2D eigenvalue weighted by Crippen LogP contribution is -2.10. The van der Waals surface area contributed by atoms with Gasteiger partial charge in [0.15, 0.2) is 0 Å². The number of ketones is 2. The Morgan fingerprint density at radius 2 is 1.07 bits per heavy atom. The summed E-state index contributed by atoms with van der Waals surface area (Å²) in [6.45, 7) is 6.17. The molecule has 0 aliphatic heterocycles. The Morgan fingerprint density at radius 3 is 1.59 bits per heavy atom. The lowest BCUT2D eigenvalue weighted by molar-refractivity contribution is -0.121. The lowest BCUT2D eigenvalue weighted by Gasteiger charge is -2.15. The number of Topliss-reactive ketones (excluding diaryl/α,β-unsaturated/α-hetero) is 2. The molecule has 0 aliphatic carbocycles. The van der Waals surface area contributed by atoms with Gasteiger partial charge < -0.3 is 4.79 Å². The van der Waals surface area contributed by atoms with Gasteiger partial charge in [-0.1, -0.05) is 104 Å². The average molecular weight is 381 g/mol. The fraction of sp³-hybridized carbons (Fsp3) is 0.920. The molecule has 1 atom stereocenters. The molecule has 0 fully saturated rings. The van der Waals surface area contributed by atoms with Crippen LogP contribution in [0.25, 0.3) is 0 Å². The minimum absolute atomic E-state index is 0.262. The van der Waals surface area contributed by atoms with E-state index in [9.17, 15) is 9.59 Å². The van der Waals surface area contributed by atoms with E-state index in [1.807, 2.05) is 0 Å². The molecule has 0 aromatic heterocycles. The fourth-order valence-electron chi connectivity index (χ4n) is 3.85. The van der Waals surface area contributed by atoms with Crippen LogP contribution >= 0.6 is 0 Å². The van der Waals surface area contributed by atoms with E-state index in [0.717, 1.165) is 25.7 Å². The molecule has 0 N–H and O–H groups in total. The first-order valence-electron chi connectivity index (χ1n) is 12.1. The lowest BCUT2D eigenvalue weighted by atomic mass is 9.89. The Kier molecular flexibility index (Phi) is 19.6. The zero-order valence-corrected chi connectivity index (χ0v) is 18.8. The summed E-state index contributed by atoms with van der Waals surface area (Å²) in [4.78, 5) is 23.7. The van der Waals surface area contributed by atoms with E-state index in [1.54, 1.807) is 6.92 Å². The Morgan fingerprint density at radius 1 is 0.593 bits per heavy atom. The molecule has 0 bridgehead atoms. The third-order valence-electron chi connectivity index (χ3n) is 5.70. The predicted octanol–water partition coefficient (Wildman–Crippen LogP) is 8.21. The van der Waals surface area contributed by atoms with Crippen LogP contribution in [-0.4, -0.2) is 11.6 Å². The Bertz CT molecular complexity index is 348. The third-order valence-corrected chi connectivity index (χ3v) is 5.70. The largest absolute Gasteiger partial charge is 0.300 e. The molecule has 0 amide bonds. The van der Waals surface area contributed by atoms with E-state index in [1.165, 1.54) is 83.5 Å². The second-order valence-electron chi connectivity index (χ2n) is 8.63. The summed E-state index contributed by atoms with van der Waals surface area (Å²) in [5, 5.41) is 0. The maximum atomic E-state index is 12.4. The van der Waals surface area contributed by atoms with Crippen LogP contribution in [-0.2, 0) is 9.59 Å². The summed E-state index contributed by atoms with van der Waals surface area (Å²) in [5.74, 6) is 1.13. The Balaban J connectivity index is 3.88. The molecule has 0 aromatic rings. The third kappa shape index (κ3) is 19.9. The van der Waals surface area contributed by atoms with Crippen molar-refractivity contribution in [1.82, 2.24) is 0 Å². The highest BCUT2D eigenvalue weighted by Gasteiger charge is 2.14. The van der Waals surface area contributed by atoms with E-state index in [2.05, 4.69) is 13.8 Å². The molecule has 0 rings (SSSR count). The smallest absolute Gasteiger partial charge is 0.133 e. The zero-order chi connectivity index (χ0) is 20.2. The molecule has 0 aromatic carbocycles. The van der Waals surface area contributed by atoms with Crippen LogP contribution in [0.2, 0.25) is 0 Å². The van der Waals surface area contributed by atoms with Gasteiger partial charge in [0.2, 0.25) is 0 Å². The number of rotatable bonds is 21. The molecule has 1 unspecified atom stereocenters. The van der Waals surface area contributed by atoms with Gasteiger partial charge in [-0.3, -0.25) is 4.79 Å². The molecule has 0 radical (unpaired) electrons. The highest BCUT2D eigenvalue weighted by Crippen LogP contribution is 2.22. The topological polar surface area (TPSA) is 34.1 Å². The quantitative estimate of drug-likeness (QED) is 0.188. The normalized spacial score (nSPS) is 12.3. The molecule has 0 aliphatic rings. The van der Waals surface area contributed by atoms with Gasteiger partial charge >= 0.3 is 0 Å². The first-order chi connectivity index (χ1) is 13.1. The molecular formula is C25H48O2. The number of hydrogen-bond donors (Lipinski definition) is 0. The summed E-state index contributed by atoms with van der Waals surface area (Å²) in [6, 6.07) is 0. The van der Waals surface area contributed by atoms with Gasteiger partial charge in [-0.2, -0.15) is 0 Å². The molecule has 0 saturated heterocycles. The van der Waals surface area contributed by atoms with E-state index in [-0.39, 0.29) is 5.78 Å². The van der Waals surface area contributed by atoms with Crippen LogP contribution in [0.5, 0.6) is 0 Å². The van der Waals surface area contributed by atoms with Crippen molar-refractivity contribution in [2.45, 2.75) is 143 Å². The highest BCUT2D eigenvalue weighted by atomic mass is 16.1. The molecular weight excluding hydrogens is 332 g/mol. The molecule has 2 nitrogen and oxygen atoms in total. The van der Waals surface area contributed by atoms with Crippen LogP contribution in [0.15, 0.2) is 0 Å². The van der Waals surface area contributed by atoms with Gasteiger partial charge in [0.1, 0.15) is 11.6 Å². The van der Waals surface area contributed by atoms with Crippen LogP contribution in [0.1, 0.15) is 143 Å². The zero-order valence-electron chi connectivity index (χ0n) is 18.8. The SMILES string of the molecule is CCCCCCCCCCC(=O)CC(CCCCCCCC)CCC(C)=O. The Labute approximate surface area is 170 Å². The average Bonchev–Trinajstić information content (AvgIpc) is 2.64. The van der Waals surface area contributed by atoms with Crippen molar-refractivity contribution in [2.24, 2.45) is 5.92 Å². The minimum atomic E-state index is 0.262.